The molecule has 0 aromatic rings. The number of likely N-dealkylation sites (tertiary alicyclic amines) is 1. The predicted octanol–water partition coefficient (Wildman–Crippen LogP) is 2.14. The van der Waals surface area contributed by atoms with E-state index in [1.54, 1.807) is 25.7 Å². The van der Waals surface area contributed by atoms with Gasteiger partial charge in [-0.15, -0.1) is 0 Å². The maximum absolute atomic E-state index is 12.2. The van der Waals surface area contributed by atoms with Crippen molar-refractivity contribution in [2.75, 3.05) is 12.8 Å². The number of nitrogens with zero attached hydrogens (tertiary/aromatic N) is 1. The molecule has 1 atom stereocenters. The molecular weight excluding hydrogens is 282 g/mol. The van der Waals surface area contributed by atoms with Crippen molar-refractivity contribution in [3.63, 3.8) is 0 Å². The second kappa shape index (κ2) is 5.52. The van der Waals surface area contributed by atoms with Crippen molar-refractivity contribution in [2.24, 2.45) is 0 Å². The lowest BCUT2D eigenvalue weighted by atomic mass is 9.89. The minimum Gasteiger partial charge on any atom is -0.444 e. The number of hydrogen-bond donors (Lipinski definition) is 0. The fourth-order valence-corrected chi connectivity index (χ4v) is 2.81. The first-order chi connectivity index (χ1) is 8.80. The Morgan fingerprint density at radius 1 is 1.30 bits per heavy atom. The molecule has 20 heavy (non-hydrogen) atoms. The maximum atomic E-state index is 12.2. The molecule has 1 heterocycles. The minimum absolute atomic E-state index is 0.217. The summed E-state index contributed by atoms with van der Waals surface area (Å²) in [6, 6.07) is 0. The van der Waals surface area contributed by atoms with Crippen LogP contribution in [0, 0.1) is 0 Å². The number of carbonyl (C=O) groups is 1. The van der Waals surface area contributed by atoms with Gasteiger partial charge in [-0.1, -0.05) is 0 Å². The molecule has 1 unspecified atom stereocenters. The van der Waals surface area contributed by atoms with Crippen LogP contribution in [0.1, 0.15) is 47.5 Å². The molecule has 1 aliphatic heterocycles. The Balaban J connectivity index is 2.82. The van der Waals surface area contributed by atoms with Gasteiger partial charge in [0.05, 0.1) is 18.9 Å². The molecule has 0 radical (unpaired) electrons. The van der Waals surface area contributed by atoms with E-state index in [-0.39, 0.29) is 12.1 Å². The molecule has 0 bridgehead atoms. The van der Waals surface area contributed by atoms with E-state index in [0.717, 1.165) is 6.26 Å². The van der Waals surface area contributed by atoms with Crippen molar-refractivity contribution < 1.29 is 22.1 Å². The first-order valence-electron chi connectivity index (χ1n) is 6.69. The van der Waals surface area contributed by atoms with Crippen LogP contribution in [0.5, 0.6) is 0 Å². The van der Waals surface area contributed by atoms with Gasteiger partial charge in [0, 0.05) is 5.54 Å². The van der Waals surface area contributed by atoms with Crippen LogP contribution < -0.4 is 0 Å². The van der Waals surface area contributed by atoms with Gasteiger partial charge in [0.2, 0.25) is 0 Å². The summed E-state index contributed by atoms with van der Waals surface area (Å²) in [4.78, 5) is 13.8. The lowest BCUT2D eigenvalue weighted by molar-refractivity contribution is -0.0278. The second-order valence-electron chi connectivity index (χ2n) is 6.86. The summed E-state index contributed by atoms with van der Waals surface area (Å²) in [6.07, 6.45) is 1.32. The van der Waals surface area contributed by atoms with E-state index in [9.17, 15) is 13.2 Å². The largest absolute Gasteiger partial charge is 0.444 e. The van der Waals surface area contributed by atoms with Crippen molar-refractivity contribution in [1.82, 2.24) is 4.90 Å². The Bertz CT molecular complexity index is 464. The number of carbonyl (C=O) groups excluding carboxylic acids is 1. The molecule has 0 aromatic heterocycles. The molecule has 0 saturated carbocycles. The Hall–Kier alpha value is -0.820. The maximum Gasteiger partial charge on any atom is 0.410 e. The van der Waals surface area contributed by atoms with E-state index < -0.39 is 27.9 Å². The topological polar surface area (TPSA) is 72.9 Å². The zero-order valence-corrected chi connectivity index (χ0v) is 13.9. The van der Waals surface area contributed by atoms with Gasteiger partial charge in [0.25, 0.3) is 10.1 Å². The molecule has 1 fully saturated rings. The first kappa shape index (κ1) is 17.2. The quantitative estimate of drug-likeness (QED) is 0.731. The van der Waals surface area contributed by atoms with Gasteiger partial charge in [-0.05, 0) is 47.5 Å². The third-order valence-corrected chi connectivity index (χ3v) is 3.74. The van der Waals surface area contributed by atoms with Gasteiger partial charge < -0.3 is 9.64 Å². The van der Waals surface area contributed by atoms with Crippen LogP contribution in [0.25, 0.3) is 0 Å². The van der Waals surface area contributed by atoms with Crippen molar-refractivity contribution in [3.05, 3.63) is 0 Å². The van der Waals surface area contributed by atoms with Crippen LogP contribution in [0.15, 0.2) is 0 Å². The summed E-state index contributed by atoms with van der Waals surface area (Å²) in [5.41, 5.74) is -0.961. The molecule has 6 nitrogen and oxygen atoms in total. The highest BCUT2D eigenvalue weighted by molar-refractivity contribution is 7.86. The molecule has 0 N–H and O–H groups in total. The summed E-state index contributed by atoms with van der Waals surface area (Å²) in [7, 11) is -3.52. The minimum atomic E-state index is -3.52. The molecule has 118 valence electrons. The van der Waals surface area contributed by atoms with Crippen LogP contribution in [-0.2, 0) is 19.0 Å². The fraction of sp³-hybridized carbons (Fsp3) is 0.923. The molecular formula is C13H25NO5S. The number of piperidine rings is 1. The number of ether oxygens (including phenoxy) is 1. The van der Waals surface area contributed by atoms with E-state index in [0.29, 0.717) is 12.8 Å². The number of hydrogen-bond acceptors (Lipinski definition) is 5. The van der Waals surface area contributed by atoms with Gasteiger partial charge in [0.1, 0.15) is 5.60 Å². The highest BCUT2D eigenvalue weighted by Crippen LogP contribution is 2.30. The van der Waals surface area contributed by atoms with E-state index in [1.807, 2.05) is 13.8 Å². The molecule has 0 aliphatic carbocycles. The molecule has 0 aromatic carbocycles. The fourth-order valence-electron chi connectivity index (χ4n) is 2.16. The first-order valence-corrected chi connectivity index (χ1v) is 8.51. The van der Waals surface area contributed by atoms with Crippen molar-refractivity contribution >= 4 is 16.2 Å². The molecule has 1 rings (SSSR count). The van der Waals surface area contributed by atoms with Gasteiger partial charge in [0.15, 0.2) is 0 Å². The third-order valence-electron chi connectivity index (χ3n) is 3.12. The molecule has 7 heteroatoms. The van der Waals surface area contributed by atoms with E-state index in [2.05, 4.69) is 0 Å². The average Bonchev–Trinajstić information content (AvgIpc) is 2.15. The Kier molecular flexibility index (Phi) is 4.76. The lowest BCUT2D eigenvalue weighted by Gasteiger charge is -2.44. The van der Waals surface area contributed by atoms with Crippen LogP contribution in [-0.4, -0.2) is 49.5 Å². The molecule has 1 amide bonds. The SMILES string of the molecule is CC(C)(C)OC(=O)N1CC(OS(C)(=O)=O)CCC1(C)C. The standard InChI is InChI=1S/C13H25NO5S/c1-12(2,3)18-11(15)14-9-10(19-20(6,16)17)7-8-13(14,4)5/h10H,7-9H2,1-6H3. The third kappa shape index (κ3) is 5.28. The average molecular weight is 307 g/mol. The normalized spacial score (nSPS) is 23.5. The van der Waals surface area contributed by atoms with Gasteiger partial charge in [-0.3, -0.25) is 4.18 Å². The van der Waals surface area contributed by atoms with E-state index in [4.69, 9.17) is 8.92 Å². The molecule has 0 spiro atoms. The zero-order valence-electron chi connectivity index (χ0n) is 13.1. The Morgan fingerprint density at radius 2 is 1.85 bits per heavy atom. The summed E-state index contributed by atoms with van der Waals surface area (Å²) >= 11 is 0. The van der Waals surface area contributed by atoms with Gasteiger partial charge in [-0.25, -0.2) is 4.79 Å². The van der Waals surface area contributed by atoms with Gasteiger partial charge >= 0.3 is 6.09 Å². The monoisotopic (exact) mass is 307 g/mol. The van der Waals surface area contributed by atoms with Gasteiger partial charge in [-0.2, -0.15) is 8.42 Å². The number of rotatable bonds is 2. The van der Waals surface area contributed by atoms with Crippen LogP contribution in [0.2, 0.25) is 0 Å². The summed E-state index contributed by atoms with van der Waals surface area (Å²) in [5, 5.41) is 0. The van der Waals surface area contributed by atoms with E-state index in [1.165, 1.54) is 0 Å². The summed E-state index contributed by atoms with van der Waals surface area (Å²) in [6.45, 7) is 9.49. The summed E-state index contributed by atoms with van der Waals surface area (Å²) in [5.74, 6) is 0. The Morgan fingerprint density at radius 3 is 2.30 bits per heavy atom. The van der Waals surface area contributed by atoms with Crippen molar-refractivity contribution in [2.45, 2.75) is 64.7 Å². The van der Waals surface area contributed by atoms with Crippen molar-refractivity contribution in [1.29, 1.82) is 0 Å². The van der Waals surface area contributed by atoms with Crippen molar-refractivity contribution in [3.8, 4) is 0 Å². The Labute approximate surface area is 121 Å². The molecule has 1 saturated heterocycles. The highest BCUT2D eigenvalue weighted by Gasteiger charge is 2.40. The van der Waals surface area contributed by atoms with Crippen LogP contribution >= 0.6 is 0 Å². The highest BCUT2D eigenvalue weighted by atomic mass is 32.2. The smallest absolute Gasteiger partial charge is 0.410 e. The lowest BCUT2D eigenvalue weighted by Crippen LogP contribution is -2.56. The predicted molar refractivity (Wildman–Crippen MR) is 76.0 cm³/mol. The molecule has 1 aliphatic rings. The van der Waals surface area contributed by atoms with E-state index >= 15 is 0 Å². The summed E-state index contributed by atoms with van der Waals surface area (Å²) < 4.78 is 32.8. The number of amides is 1. The van der Waals surface area contributed by atoms with Crippen LogP contribution in [0.4, 0.5) is 4.79 Å². The second-order valence-corrected chi connectivity index (χ2v) is 8.47. The zero-order chi connectivity index (χ0) is 15.8. The van der Waals surface area contributed by atoms with Crippen LogP contribution in [0.3, 0.4) is 0 Å².